The van der Waals surface area contributed by atoms with Crippen LogP contribution in [0, 0.1) is 5.92 Å². The molecule has 1 unspecified atom stereocenters. The zero-order valence-electron chi connectivity index (χ0n) is 12.9. The molecule has 0 aromatic carbocycles. The molecule has 0 bridgehead atoms. The first-order chi connectivity index (χ1) is 7.60. The zero-order valence-corrected chi connectivity index (χ0v) is 12.9. The molecule has 0 aliphatic carbocycles. The third-order valence-corrected chi connectivity index (χ3v) is 2.43. The van der Waals surface area contributed by atoms with Crippen molar-refractivity contribution < 1.29 is 9.47 Å². The molecule has 0 radical (unpaired) electrons. The Morgan fingerprint density at radius 1 is 0.824 bits per heavy atom. The lowest BCUT2D eigenvalue weighted by molar-refractivity contribution is -0.0231. The molecule has 0 amide bonds. The highest BCUT2D eigenvalue weighted by atomic mass is 16.5. The van der Waals surface area contributed by atoms with Crippen LogP contribution in [-0.4, -0.2) is 24.4 Å². The number of ether oxygens (including phenoxy) is 2. The average Bonchev–Trinajstić information content (AvgIpc) is 2.11. The third kappa shape index (κ3) is 13.9. The Kier molecular flexibility index (Phi) is 7.34. The Balaban J connectivity index is 3.43. The summed E-state index contributed by atoms with van der Waals surface area (Å²) in [5.74, 6) is 0.642. The van der Waals surface area contributed by atoms with Crippen LogP contribution in [0.15, 0.2) is 0 Å². The van der Waals surface area contributed by atoms with E-state index in [2.05, 4.69) is 48.5 Å². The Hall–Kier alpha value is -0.0800. The van der Waals surface area contributed by atoms with Gasteiger partial charge in [-0.05, 0) is 60.3 Å². The number of hydrogen-bond acceptors (Lipinski definition) is 2. The van der Waals surface area contributed by atoms with Crippen LogP contribution in [0.1, 0.15) is 67.7 Å². The maximum atomic E-state index is 5.77. The second-order valence-electron chi connectivity index (χ2n) is 6.99. The van der Waals surface area contributed by atoms with E-state index in [9.17, 15) is 0 Å². The fourth-order valence-electron chi connectivity index (χ4n) is 1.45. The van der Waals surface area contributed by atoms with Crippen LogP contribution in [0.4, 0.5) is 0 Å². The lowest BCUT2D eigenvalue weighted by Crippen LogP contribution is -2.22. The van der Waals surface area contributed by atoms with E-state index in [1.807, 2.05) is 0 Å². The number of unbranched alkanes of at least 4 members (excludes halogenated alkanes) is 1. The summed E-state index contributed by atoms with van der Waals surface area (Å²) in [7, 11) is 0. The van der Waals surface area contributed by atoms with Gasteiger partial charge >= 0.3 is 0 Å². The normalized spacial score (nSPS) is 15.0. The van der Waals surface area contributed by atoms with Gasteiger partial charge in [0.25, 0.3) is 0 Å². The zero-order chi connectivity index (χ0) is 13.5. The Morgan fingerprint density at radius 3 is 1.82 bits per heavy atom. The first kappa shape index (κ1) is 16.9. The SMILES string of the molecule is CC(CCCCOC(C)(C)C)COC(C)(C)C. The van der Waals surface area contributed by atoms with Gasteiger partial charge in [-0.25, -0.2) is 0 Å². The summed E-state index contributed by atoms with van der Waals surface area (Å²) in [4.78, 5) is 0. The van der Waals surface area contributed by atoms with Crippen molar-refractivity contribution in [3.63, 3.8) is 0 Å². The van der Waals surface area contributed by atoms with Crippen molar-refractivity contribution in [2.45, 2.75) is 78.9 Å². The summed E-state index contributed by atoms with van der Waals surface area (Å²) in [6.45, 7) is 16.6. The van der Waals surface area contributed by atoms with Gasteiger partial charge in [0.1, 0.15) is 0 Å². The van der Waals surface area contributed by atoms with Gasteiger partial charge in [0.05, 0.1) is 11.2 Å². The molecule has 0 N–H and O–H groups in total. The maximum Gasteiger partial charge on any atom is 0.0598 e. The predicted molar refractivity (Wildman–Crippen MR) is 74.4 cm³/mol. The molecule has 0 rings (SSSR count). The minimum Gasteiger partial charge on any atom is -0.376 e. The lowest BCUT2D eigenvalue weighted by atomic mass is 10.0. The highest BCUT2D eigenvalue weighted by molar-refractivity contribution is 4.62. The quantitative estimate of drug-likeness (QED) is 0.617. The molecule has 104 valence electrons. The molecule has 0 aromatic rings. The first-order valence-corrected chi connectivity index (χ1v) is 6.88. The second-order valence-corrected chi connectivity index (χ2v) is 6.99. The highest BCUT2D eigenvalue weighted by Gasteiger charge is 2.13. The van der Waals surface area contributed by atoms with Crippen molar-refractivity contribution in [1.29, 1.82) is 0 Å². The first-order valence-electron chi connectivity index (χ1n) is 6.88. The minimum atomic E-state index is -0.0103. The fourth-order valence-corrected chi connectivity index (χ4v) is 1.45. The highest BCUT2D eigenvalue weighted by Crippen LogP contribution is 2.14. The molecule has 0 aliphatic heterocycles. The summed E-state index contributed by atoms with van der Waals surface area (Å²) < 4.78 is 11.5. The molecule has 0 aliphatic rings. The van der Waals surface area contributed by atoms with E-state index in [0.717, 1.165) is 19.6 Å². The topological polar surface area (TPSA) is 18.5 Å². The molecular formula is C15H32O2. The summed E-state index contributed by atoms with van der Waals surface area (Å²) in [5, 5.41) is 0. The molecule has 0 saturated carbocycles. The van der Waals surface area contributed by atoms with Gasteiger partial charge in [0.2, 0.25) is 0 Å². The Bertz CT molecular complexity index is 186. The van der Waals surface area contributed by atoms with Crippen molar-refractivity contribution >= 4 is 0 Å². The molecule has 0 heterocycles. The molecule has 2 nitrogen and oxygen atoms in total. The van der Waals surface area contributed by atoms with Crippen molar-refractivity contribution in [1.82, 2.24) is 0 Å². The molecule has 0 aromatic heterocycles. The van der Waals surface area contributed by atoms with E-state index in [1.165, 1.54) is 12.8 Å². The number of hydrogen-bond donors (Lipinski definition) is 0. The van der Waals surface area contributed by atoms with Crippen molar-refractivity contribution in [2.75, 3.05) is 13.2 Å². The molecule has 0 saturated heterocycles. The van der Waals surface area contributed by atoms with Gasteiger partial charge in [-0.2, -0.15) is 0 Å². The minimum absolute atomic E-state index is 0.000954. The van der Waals surface area contributed by atoms with Gasteiger partial charge in [-0.15, -0.1) is 0 Å². The standard InChI is InChI=1S/C15H32O2/c1-13(12-17-15(5,6)7)10-8-9-11-16-14(2,3)4/h13H,8-12H2,1-7H3. The monoisotopic (exact) mass is 244 g/mol. The summed E-state index contributed by atoms with van der Waals surface area (Å²) in [6.07, 6.45) is 3.60. The van der Waals surface area contributed by atoms with Crippen molar-refractivity contribution in [3.05, 3.63) is 0 Å². The smallest absolute Gasteiger partial charge is 0.0598 e. The van der Waals surface area contributed by atoms with E-state index in [0.29, 0.717) is 5.92 Å². The van der Waals surface area contributed by atoms with Crippen LogP contribution in [0.3, 0.4) is 0 Å². The van der Waals surface area contributed by atoms with Crippen LogP contribution in [0.25, 0.3) is 0 Å². The van der Waals surface area contributed by atoms with Crippen LogP contribution < -0.4 is 0 Å². The molecule has 1 atom stereocenters. The van der Waals surface area contributed by atoms with Gasteiger partial charge in [-0.1, -0.05) is 13.3 Å². The van der Waals surface area contributed by atoms with Gasteiger partial charge < -0.3 is 9.47 Å². The summed E-state index contributed by atoms with van der Waals surface area (Å²) in [6, 6.07) is 0. The predicted octanol–water partition coefficient (Wildman–Crippen LogP) is 4.42. The van der Waals surface area contributed by atoms with Crippen molar-refractivity contribution in [2.24, 2.45) is 5.92 Å². The molecule has 17 heavy (non-hydrogen) atoms. The van der Waals surface area contributed by atoms with Crippen LogP contribution in [-0.2, 0) is 9.47 Å². The maximum absolute atomic E-state index is 5.77. The number of rotatable bonds is 7. The second kappa shape index (κ2) is 7.38. The summed E-state index contributed by atoms with van der Waals surface area (Å²) >= 11 is 0. The van der Waals surface area contributed by atoms with Crippen LogP contribution >= 0.6 is 0 Å². The van der Waals surface area contributed by atoms with E-state index < -0.39 is 0 Å². The fraction of sp³-hybridized carbons (Fsp3) is 1.00. The van der Waals surface area contributed by atoms with E-state index in [1.54, 1.807) is 0 Å². The van der Waals surface area contributed by atoms with Crippen LogP contribution in [0.5, 0.6) is 0 Å². The molecule has 0 fully saturated rings. The van der Waals surface area contributed by atoms with Crippen LogP contribution in [0.2, 0.25) is 0 Å². The average molecular weight is 244 g/mol. The lowest BCUT2D eigenvalue weighted by Gasteiger charge is -2.23. The molecule has 0 spiro atoms. The largest absolute Gasteiger partial charge is 0.376 e. The Morgan fingerprint density at radius 2 is 1.35 bits per heavy atom. The third-order valence-electron chi connectivity index (χ3n) is 2.43. The molecular weight excluding hydrogens is 212 g/mol. The van der Waals surface area contributed by atoms with Gasteiger partial charge in [0, 0.05) is 13.2 Å². The van der Waals surface area contributed by atoms with Gasteiger partial charge in [0.15, 0.2) is 0 Å². The summed E-state index contributed by atoms with van der Waals surface area (Å²) in [5.41, 5.74) is -0.00936. The Labute approximate surface area is 108 Å². The van der Waals surface area contributed by atoms with Crippen molar-refractivity contribution in [3.8, 4) is 0 Å². The van der Waals surface area contributed by atoms with E-state index in [-0.39, 0.29) is 11.2 Å². The van der Waals surface area contributed by atoms with Gasteiger partial charge in [-0.3, -0.25) is 0 Å². The molecule has 2 heteroatoms. The van der Waals surface area contributed by atoms with E-state index in [4.69, 9.17) is 9.47 Å². The van der Waals surface area contributed by atoms with E-state index >= 15 is 0 Å².